The predicted molar refractivity (Wildman–Crippen MR) is 140 cm³/mol. The molecule has 0 atom stereocenters. The van der Waals surface area contributed by atoms with Crippen molar-refractivity contribution in [1.82, 2.24) is 0 Å². The average molecular weight is 454 g/mol. The third kappa shape index (κ3) is 4.46. The number of nitrogens with zero attached hydrogens (tertiary/aromatic N) is 2. The maximum atomic E-state index is 13.6. The van der Waals surface area contributed by atoms with Crippen LogP contribution in [0, 0.1) is 0 Å². The zero-order valence-corrected chi connectivity index (χ0v) is 20.2. The maximum Gasteiger partial charge on any atom is 0.282 e. The number of hydrogen-bond donors (Lipinski definition) is 1. The van der Waals surface area contributed by atoms with Crippen LogP contribution in [-0.2, 0) is 9.59 Å². The van der Waals surface area contributed by atoms with Gasteiger partial charge in [-0.25, -0.2) is 4.90 Å². The van der Waals surface area contributed by atoms with Crippen molar-refractivity contribution in [3.63, 3.8) is 0 Å². The SMILES string of the molecule is CCN(CC)c1ccc(NC2=C(c3ccccc3)C(=O)N(c3ccc(C(C)C)cc3)C2=O)cc1. The molecule has 1 N–H and O–H groups in total. The van der Waals surface area contributed by atoms with Crippen LogP contribution in [0.25, 0.3) is 5.57 Å². The zero-order valence-electron chi connectivity index (χ0n) is 20.2. The van der Waals surface area contributed by atoms with Gasteiger partial charge in [-0.3, -0.25) is 9.59 Å². The summed E-state index contributed by atoms with van der Waals surface area (Å²) in [7, 11) is 0. The normalized spacial score (nSPS) is 13.7. The summed E-state index contributed by atoms with van der Waals surface area (Å²) in [5.74, 6) is -0.307. The van der Waals surface area contributed by atoms with Crippen LogP contribution in [0.15, 0.2) is 84.6 Å². The molecule has 0 radical (unpaired) electrons. The van der Waals surface area contributed by atoms with Gasteiger partial charge in [0, 0.05) is 24.5 Å². The first-order valence-electron chi connectivity index (χ1n) is 11.8. The summed E-state index contributed by atoms with van der Waals surface area (Å²) in [6.45, 7) is 10.3. The Labute approximate surface area is 201 Å². The highest BCUT2D eigenvalue weighted by Crippen LogP contribution is 2.34. The Morgan fingerprint density at radius 1 is 0.794 bits per heavy atom. The van der Waals surface area contributed by atoms with Gasteiger partial charge in [0.15, 0.2) is 0 Å². The molecule has 4 rings (SSSR count). The molecule has 0 bridgehead atoms. The number of benzene rings is 3. The Balaban J connectivity index is 1.70. The van der Waals surface area contributed by atoms with Crippen molar-refractivity contribution < 1.29 is 9.59 Å². The Morgan fingerprint density at radius 2 is 1.41 bits per heavy atom. The van der Waals surface area contributed by atoms with Gasteiger partial charge in [0.2, 0.25) is 0 Å². The topological polar surface area (TPSA) is 52.7 Å². The summed E-state index contributed by atoms with van der Waals surface area (Å²) >= 11 is 0. The van der Waals surface area contributed by atoms with E-state index >= 15 is 0 Å². The smallest absolute Gasteiger partial charge is 0.282 e. The Hall–Kier alpha value is -3.86. The number of nitrogens with one attached hydrogen (secondary N) is 1. The third-order valence-electron chi connectivity index (χ3n) is 6.23. The molecule has 5 heteroatoms. The van der Waals surface area contributed by atoms with E-state index in [1.54, 1.807) is 0 Å². The fourth-order valence-electron chi connectivity index (χ4n) is 4.25. The summed E-state index contributed by atoms with van der Waals surface area (Å²) in [6.07, 6.45) is 0. The second-order valence-electron chi connectivity index (χ2n) is 8.65. The van der Waals surface area contributed by atoms with Crippen LogP contribution in [0.2, 0.25) is 0 Å². The molecule has 3 aromatic rings. The number of hydrogen-bond acceptors (Lipinski definition) is 4. The quantitative estimate of drug-likeness (QED) is 0.422. The van der Waals surface area contributed by atoms with Gasteiger partial charge in [0.05, 0.1) is 11.3 Å². The Kier molecular flexibility index (Phi) is 6.82. The van der Waals surface area contributed by atoms with Gasteiger partial charge >= 0.3 is 0 Å². The van der Waals surface area contributed by atoms with Gasteiger partial charge in [-0.1, -0.05) is 56.3 Å². The molecule has 0 saturated carbocycles. The molecule has 1 heterocycles. The Morgan fingerprint density at radius 3 is 1.97 bits per heavy atom. The largest absolute Gasteiger partial charge is 0.372 e. The van der Waals surface area contributed by atoms with Gasteiger partial charge in [-0.05, 0) is 67.3 Å². The van der Waals surface area contributed by atoms with E-state index in [9.17, 15) is 9.59 Å². The van der Waals surface area contributed by atoms with Crippen LogP contribution in [0.5, 0.6) is 0 Å². The predicted octanol–water partition coefficient (Wildman–Crippen LogP) is 6.05. The first-order valence-corrected chi connectivity index (χ1v) is 11.8. The van der Waals surface area contributed by atoms with Crippen molar-refractivity contribution in [2.24, 2.45) is 0 Å². The molecule has 0 aromatic heterocycles. The molecule has 0 fully saturated rings. The van der Waals surface area contributed by atoms with E-state index in [-0.39, 0.29) is 11.8 Å². The van der Waals surface area contributed by atoms with E-state index < -0.39 is 0 Å². The van der Waals surface area contributed by atoms with Crippen LogP contribution < -0.4 is 15.1 Å². The molecule has 1 aliphatic rings. The van der Waals surface area contributed by atoms with E-state index in [2.05, 4.69) is 37.9 Å². The molecular formula is C29H31N3O2. The standard InChI is InChI=1S/C29H31N3O2/c1-5-31(6-2)24-18-14-23(15-19-24)30-27-26(22-10-8-7-9-11-22)28(33)32(29(27)34)25-16-12-21(13-17-25)20(3)4/h7-20,30H,5-6H2,1-4H3. The van der Waals surface area contributed by atoms with E-state index in [0.717, 1.165) is 30.0 Å². The van der Waals surface area contributed by atoms with Crippen molar-refractivity contribution in [1.29, 1.82) is 0 Å². The van der Waals surface area contributed by atoms with Crippen molar-refractivity contribution in [3.8, 4) is 0 Å². The van der Waals surface area contributed by atoms with E-state index in [1.807, 2.05) is 78.9 Å². The molecule has 34 heavy (non-hydrogen) atoms. The van der Waals surface area contributed by atoms with Crippen LogP contribution >= 0.6 is 0 Å². The molecule has 3 aromatic carbocycles. The number of imide groups is 1. The first kappa shape index (κ1) is 23.3. The number of rotatable bonds is 8. The minimum absolute atomic E-state index is 0.291. The first-order chi connectivity index (χ1) is 16.4. The van der Waals surface area contributed by atoms with Crippen molar-refractivity contribution in [3.05, 3.63) is 95.7 Å². The van der Waals surface area contributed by atoms with Gasteiger partial charge in [0.1, 0.15) is 5.70 Å². The minimum Gasteiger partial charge on any atom is -0.372 e. The molecule has 0 aliphatic carbocycles. The van der Waals surface area contributed by atoms with Crippen LogP contribution in [0.4, 0.5) is 17.1 Å². The van der Waals surface area contributed by atoms with Gasteiger partial charge in [-0.2, -0.15) is 0 Å². The lowest BCUT2D eigenvalue weighted by Crippen LogP contribution is -2.32. The molecule has 0 unspecified atom stereocenters. The summed E-state index contributed by atoms with van der Waals surface area (Å²) < 4.78 is 0. The lowest BCUT2D eigenvalue weighted by molar-refractivity contribution is -0.120. The number of anilines is 3. The molecule has 5 nitrogen and oxygen atoms in total. The summed E-state index contributed by atoms with van der Waals surface area (Å²) in [4.78, 5) is 30.6. The lowest BCUT2D eigenvalue weighted by Gasteiger charge is -2.21. The second-order valence-corrected chi connectivity index (χ2v) is 8.65. The number of carbonyl (C=O) groups excluding carboxylic acids is 2. The Bertz CT molecular complexity index is 1190. The average Bonchev–Trinajstić information content (AvgIpc) is 3.10. The van der Waals surface area contributed by atoms with Crippen LogP contribution in [0.1, 0.15) is 44.7 Å². The fourth-order valence-corrected chi connectivity index (χ4v) is 4.25. The number of amides is 2. The molecule has 174 valence electrons. The van der Waals surface area contributed by atoms with E-state index in [4.69, 9.17) is 0 Å². The second kappa shape index (κ2) is 9.96. The lowest BCUT2D eigenvalue weighted by atomic mass is 10.0. The van der Waals surface area contributed by atoms with Crippen LogP contribution in [-0.4, -0.2) is 24.9 Å². The summed E-state index contributed by atoms with van der Waals surface area (Å²) in [6, 6.07) is 24.9. The minimum atomic E-state index is -0.353. The van der Waals surface area contributed by atoms with Gasteiger partial charge in [-0.15, -0.1) is 0 Å². The van der Waals surface area contributed by atoms with Crippen molar-refractivity contribution in [2.45, 2.75) is 33.6 Å². The van der Waals surface area contributed by atoms with Crippen molar-refractivity contribution in [2.75, 3.05) is 28.2 Å². The summed E-state index contributed by atoms with van der Waals surface area (Å²) in [5.41, 5.74) is 4.99. The summed E-state index contributed by atoms with van der Waals surface area (Å²) in [5, 5.41) is 3.25. The highest BCUT2D eigenvalue weighted by Gasteiger charge is 2.40. The van der Waals surface area contributed by atoms with Gasteiger partial charge in [0.25, 0.3) is 11.8 Å². The third-order valence-corrected chi connectivity index (χ3v) is 6.23. The van der Waals surface area contributed by atoms with E-state index in [0.29, 0.717) is 28.4 Å². The van der Waals surface area contributed by atoms with Gasteiger partial charge < -0.3 is 10.2 Å². The monoisotopic (exact) mass is 453 g/mol. The highest BCUT2D eigenvalue weighted by molar-refractivity contribution is 6.46. The molecule has 1 aliphatic heterocycles. The van der Waals surface area contributed by atoms with E-state index in [1.165, 1.54) is 4.90 Å². The van der Waals surface area contributed by atoms with Crippen molar-refractivity contribution >= 4 is 34.4 Å². The maximum absolute atomic E-state index is 13.6. The zero-order chi connectivity index (χ0) is 24.2. The highest BCUT2D eigenvalue weighted by atomic mass is 16.2. The van der Waals surface area contributed by atoms with Crippen LogP contribution in [0.3, 0.4) is 0 Å². The number of carbonyl (C=O) groups is 2. The molecular weight excluding hydrogens is 422 g/mol. The molecule has 0 saturated heterocycles. The fraction of sp³-hybridized carbons (Fsp3) is 0.241. The molecule has 0 spiro atoms. The molecule has 2 amide bonds.